The molecule has 7 nitrogen and oxygen atoms in total. The molecule has 0 spiro atoms. The number of nitrogens with zero attached hydrogens (tertiary/aromatic N) is 1. The van der Waals surface area contributed by atoms with Gasteiger partial charge in [-0.15, -0.1) is 0 Å². The van der Waals surface area contributed by atoms with Crippen LogP contribution in [-0.4, -0.2) is 55.7 Å². The van der Waals surface area contributed by atoms with Crippen molar-refractivity contribution in [1.82, 2.24) is 4.90 Å². The summed E-state index contributed by atoms with van der Waals surface area (Å²) in [7, 11) is 2.75. The third kappa shape index (κ3) is 4.53. The Morgan fingerprint density at radius 3 is 2.42 bits per heavy atom. The molecule has 0 aliphatic carbocycles. The van der Waals surface area contributed by atoms with Crippen molar-refractivity contribution in [3.8, 4) is 5.75 Å². The van der Waals surface area contributed by atoms with Gasteiger partial charge in [0.1, 0.15) is 16.9 Å². The molecule has 0 aromatic heterocycles. The monoisotopic (exact) mass is 363 g/mol. The van der Waals surface area contributed by atoms with Gasteiger partial charge in [-0.3, -0.25) is 4.79 Å². The van der Waals surface area contributed by atoms with Crippen molar-refractivity contribution in [1.29, 1.82) is 0 Å². The molecule has 1 aliphatic heterocycles. The largest absolute Gasteiger partial charge is 0.496 e. The highest BCUT2D eigenvalue weighted by atomic mass is 16.6. The molecular weight excluding hydrogens is 338 g/mol. The van der Waals surface area contributed by atoms with Crippen LogP contribution in [0.4, 0.5) is 4.79 Å². The molecule has 1 amide bonds. The third-order valence-corrected chi connectivity index (χ3v) is 4.11. The molecule has 1 heterocycles. The summed E-state index contributed by atoms with van der Waals surface area (Å²) in [6.07, 6.45) is 0.00151. The summed E-state index contributed by atoms with van der Waals surface area (Å²) in [5, 5.41) is 0. The zero-order valence-electron chi connectivity index (χ0n) is 15.8. The lowest BCUT2D eigenvalue weighted by atomic mass is 9.87. The van der Waals surface area contributed by atoms with Gasteiger partial charge >= 0.3 is 12.1 Å². The van der Waals surface area contributed by atoms with Crippen molar-refractivity contribution in [2.24, 2.45) is 0 Å². The Morgan fingerprint density at radius 1 is 1.19 bits per heavy atom. The number of Topliss-reactive ketones (excluding diaryl/α,β-unsaturated/α-hetero) is 1. The molecule has 1 aliphatic rings. The molecular formula is C19H25NO6. The van der Waals surface area contributed by atoms with Crippen molar-refractivity contribution in [2.45, 2.75) is 38.7 Å². The van der Waals surface area contributed by atoms with Crippen LogP contribution < -0.4 is 4.74 Å². The summed E-state index contributed by atoms with van der Waals surface area (Å²) < 4.78 is 15.3. The molecule has 142 valence electrons. The fraction of sp³-hybridized carbons (Fsp3) is 0.526. The van der Waals surface area contributed by atoms with E-state index in [1.165, 1.54) is 19.1 Å². The van der Waals surface area contributed by atoms with E-state index in [0.717, 1.165) is 5.56 Å². The topological polar surface area (TPSA) is 82.1 Å². The molecule has 1 aromatic rings. The molecule has 1 atom stereocenters. The second-order valence-electron chi connectivity index (χ2n) is 7.16. The minimum atomic E-state index is -0.603. The highest BCUT2D eigenvalue weighted by Gasteiger charge is 2.33. The standard InChI is InChI=1S/C19H25NO6/c1-19(2,3)26-18(23)20-9-8-13(15(21)11-20)12-6-7-14(17(22)25-5)16(10-12)24-4/h6-7,10,13H,8-9,11H2,1-5H3. The van der Waals surface area contributed by atoms with Gasteiger partial charge in [-0.2, -0.15) is 0 Å². The van der Waals surface area contributed by atoms with Gasteiger partial charge < -0.3 is 19.1 Å². The lowest BCUT2D eigenvalue weighted by molar-refractivity contribution is -0.123. The first-order chi connectivity index (χ1) is 12.2. The maximum atomic E-state index is 12.6. The van der Waals surface area contributed by atoms with Crippen LogP contribution >= 0.6 is 0 Å². The van der Waals surface area contributed by atoms with Crippen molar-refractivity contribution in [2.75, 3.05) is 27.3 Å². The number of ketones is 1. The summed E-state index contributed by atoms with van der Waals surface area (Å²) in [4.78, 5) is 37.9. The predicted octanol–water partition coefficient (Wildman–Crippen LogP) is 2.78. The zero-order valence-corrected chi connectivity index (χ0v) is 15.8. The number of amides is 1. The van der Waals surface area contributed by atoms with Gasteiger partial charge in [-0.05, 0) is 44.9 Å². The number of ether oxygens (including phenoxy) is 3. The number of methoxy groups -OCH3 is 2. The second kappa shape index (κ2) is 7.76. The number of likely N-dealkylation sites (tertiary alicyclic amines) is 1. The van der Waals surface area contributed by atoms with Crippen molar-refractivity contribution >= 4 is 17.8 Å². The van der Waals surface area contributed by atoms with Gasteiger partial charge in [0.15, 0.2) is 5.78 Å². The van der Waals surface area contributed by atoms with Crippen molar-refractivity contribution < 1.29 is 28.6 Å². The average Bonchev–Trinajstić information content (AvgIpc) is 2.59. The van der Waals surface area contributed by atoms with Crippen LogP contribution in [0.15, 0.2) is 18.2 Å². The van der Waals surface area contributed by atoms with Gasteiger partial charge in [0.05, 0.1) is 20.8 Å². The lowest BCUT2D eigenvalue weighted by Crippen LogP contribution is -2.45. The highest BCUT2D eigenvalue weighted by molar-refractivity contribution is 5.94. The molecule has 2 rings (SSSR count). The molecule has 1 fully saturated rings. The Morgan fingerprint density at radius 2 is 1.88 bits per heavy atom. The van der Waals surface area contributed by atoms with Crippen LogP contribution in [0.1, 0.15) is 49.0 Å². The SMILES string of the molecule is COC(=O)c1ccc(C2CCN(C(=O)OC(C)(C)C)CC2=O)cc1OC. The minimum absolute atomic E-state index is 0.000643. The maximum Gasteiger partial charge on any atom is 0.410 e. The Hall–Kier alpha value is -2.57. The quantitative estimate of drug-likeness (QED) is 0.768. The Kier molecular flexibility index (Phi) is 5.90. The van der Waals surface area contributed by atoms with E-state index in [0.29, 0.717) is 24.3 Å². The fourth-order valence-corrected chi connectivity index (χ4v) is 2.86. The molecule has 26 heavy (non-hydrogen) atoms. The molecule has 1 saturated heterocycles. The van der Waals surface area contributed by atoms with E-state index >= 15 is 0 Å². The summed E-state index contributed by atoms with van der Waals surface area (Å²) in [5.41, 5.74) is 0.453. The number of carbonyl (C=O) groups excluding carboxylic acids is 3. The van der Waals surface area contributed by atoms with Crippen molar-refractivity contribution in [3.05, 3.63) is 29.3 Å². The molecule has 0 bridgehead atoms. The molecule has 0 saturated carbocycles. The van der Waals surface area contributed by atoms with E-state index < -0.39 is 17.7 Å². The number of hydrogen-bond acceptors (Lipinski definition) is 6. The summed E-state index contributed by atoms with van der Waals surface area (Å²) >= 11 is 0. The molecule has 0 radical (unpaired) electrons. The summed E-state index contributed by atoms with van der Waals surface area (Å²) in [6, 6.07) is 4.99. The number of esters is 1. The first-order valence-electron chi connectivity index (χ1n) is 8.43. The van der Waals surface area contributed by atoms with Crippen LogP contribution in [0.5, 0.6) is 5.75 Å². The van der Waals surface area contributed by atoms with E-state index in [1.807, 2.05) is 0 Å². The fourth-order valence-electron chi connectivity index (χ4n) is 2.86. The Bertz CT molecular complexity index is 706. The first kappa shape index (κ1) is 19.8. The van der Waals surface area contributed by atoms with Crippen LogP contribution in [0.2, 0.25) is 0 Å². The summed E-state index contributed by atoms with van der Waals surface area (Å²) in [5.74, 6) is -0.569. The Balaban J connectivity index is 2.13. The Labute approximate surface area is 153 Å². The van der Waals surface area contributed by atoms with Crippen LogP contribution in [-0.2, 0) is 14.3 Å². The van der Waals surface area contributed by atoms with E-state index in [2.05, 4.69) is 0 Å². The zero-order chi connectivity index (χ0) is 19.5. The van der Waals surface area contributed by atoms with Gasteiger partial charge in [0.2, 0.25) is 0 Å². The predicted molar refractivity (Wildman–Crippen MR) is 94.5 cm³/mol. The number of rotatable bonds is 3. The van der Waals surface area contributed by atoms with Crippen LogP contribution in [0.25, 0.3) is 0 Å². The van der Waals surface area contributed by atoms with E-state index in [-0.39, 0.29) is 18.2 Å². The van der Waals surface area contributed by atoms with Crippen LogP contribution in [0, 0.1) is 0 Å². The second-order valence-corrected chi connectivity index (χ2v) is 7.16. The van der Waals surface area contributed by atoms with Crippen LogP contribution in [0.3, 0.4) is 0 Å². The molecule has 1 aromatic carbocycles. The number of carbonyl (C=O) groups is 3. The normalized spacial score (nSPS) is 17.7. The van der Waals surface area contributed by atoms with Gasteiger partial charge in [0, 0.05) is 12.5 Å². The summed E-state index contributed by atoms with van der Waals surface area (Å²) in [6.45, 7) is 5.78. The van der Waals surface area contributed by atoms with Crippen molar-refractivity contribution in [3.63, 3.8) is 0 Å². The number of benzene rings is 1. The third-order valence-electron chi connectivity index (χ3n) is 4.11. The van der Waals surface area contributed by atoms with Gasteiger partial charge in [0.25, 0.3) is 0 Å². The number of hydrogen-bond donors (Lipinski definition) is 0. The van der Waals surface area contributed by atoms with Gasteiger partial charge in [-0.25, -0.2) is 9.59 Å². The first-order valence-corrected chi connectivity index (χ1v) is 8.43. The molecule has 7 heteroatoms. The highest BCUT2D eigenvalue weighted by Crippen LogP contribution is 2.30. The van der Waals surface area contributed by atoms with E-state index in [9.17, 15) is 14.4 Å². The maximum absolute atomic E-state index is 12.6. The lowest BCUT2D eigenvalue weighted by Gasteiger charge is -2.32. The van der Waals surface area contributed by atoms with Gasteiger partial charge in [-0.1, -0.05) is 6.07 Å². The minimum Gasteiger partial charge on any atom is -0.496 e. The number of piperidine rings is 1. The smallest absolute Gasteiger partial charge is 0.410 e. The van der Waals surface area contributed by atoms with E-state index in [1.54, 1.807) is 39.0 Å². The molecule has 0 N–H and O–H groups in total. The average molecular weight is 363 g/mol. The molecule has 1 unspecified atom stereocenters. The van der Waals surface area contributed by atoms with E-state index in [4.69, 9.17) is 14.2 Å².